The highest BCUT2D eigenvalue weighted by Gasteiger charge is 2.34. The largest absolute Gasteiger partial charge is 0.493 e. The Kier molecular flexibility index (Phi) is 7.62. The summed E-state index contributed by atoms with van der Waals surface area (Å²) in [5, 5.41) is 11.5. The predicted octanol–water partition coefficient (Wildman–Crippen LogP) is 3.48. The molecule has 2 aromatic rings. The highest BCUT2D eigenvalue weighted by atomic mass is 79.9. The van der Waals surface area contributed by atoms with Gasteiger partial charge in [-0.05, 0) is 60.6 Å². The summed E-state index contributed by atoms with van der Waals surface area (Å²) in [6.45, 7) is 3.15. The number of carboxylic acids is 1. The van der Waals surface area contributed by atoms with Crippen LogP contribution in [0, 0.1) is 0 Å². The predicted molar refractivity (Wildman–Crippen MR) is 130 cm³/mol. The van der Waals surface area contributed by atoms with E-state index in [0.29, 0.717) is 23.2 Å². The number of hydrogen-bond acceptors (Lipinski definition) is 6. The minimum atomic E-state index is -1.14. The number of benzene rings is 2. The summed E-state index contributed by atoms with van der Waals surface area (Å²) in [7, 11) is 1.41. The van der Waals surface area contributed by atoms with Gasteiger partial charge in [0.1, 0.15) is 5.57 Å². The van der Waals surface area contributed by atoms with Gasteiger partial charge in [-0.1, -0.05) is 28.1 Å². The van der Waals surface area contributed by atoms with E-state index in [9.17, 15) is 14.4 Å². The van der Waals surface area contributed by atoms with Crippen LogP contribution in [0.25, 0.3) is 6.08 Å². The summed E-state index contributed by atoms with van der Waals surface area (Å²) < 4.78 is 11.5. The van der Waals surface area contributed by atoms with Crippen molar-refractivity contribution >= 4 is 62.8 Å². The Morgan fingerprint density at radius 2 is 2.06 bits per heavy atom. The maximum absolute atomic E-state index is 13.2. The van der Waals surface area contributed by atoms with Gasteiger partial charge < -0.3 is 14.6 Å². The molecular weight excluding hydrogens is 512 g/mol. The Morgan fingerprint density at radius 1 is 1.30 bits per heavy atom. The lowest BCUT2D eigenvalue weighted by atomic mass is 10.0. The third-order valence-corrected chi connectivity index (χ3v) is 5.34. The molecule has 1 aliphatic rings. The molecule has 1 saturated heterocycles. The first-order chi connectivity index (χ1) is 15.7. The van der Waals surface area contributed by atoms with Crippen molar-refractivity contribution in [1.82, 2.24) is 5.32 Å². The number of allylic oxidation sites excluding steroid dienone is 1. The van der Waals surface area contributed by atoms with E-state index in [-0.39, 0.29) is 22.2 Å². The van der Waals surface area contributed by atoms with Crippen LogP contribution in [0.3, 0.4) is 0 Å². The van der Waals surface area contributed by atoms with E-state index in [1.165, 1.54) is 18.1 Å². The molecule has 170 valence electrons. The molecule has 0 saturated carbocycles. The summed E-state index contributed by atoms with van der Waals surface area (Å²) >= 11 is 8.58. The number of rotatable bonds is 8. The number of carboxylic acid groups (broad SMARTS) is 1. The molecule has 1 heterocycles. The summed E-state index contributed by atoms with van der Waals surface area (Å²) in [6, 6.07) is 10.2. The molecule has 0 unspecified atom stereocenters. The minimum Gasteiger partial charge on any atom is -0.493 e. The van der Waals surface area contributed by atoms with Crippen LogP contribution in [0.5, 0.6) is 11.5 Å². The topological polar surface area (TPSA) is 105 Å². The van der Waals surface area contributed by atoms with Gasteiger partial charge in [0.15, 0.2) is 23.2 Å². The van der Waals surface area contributed by atoms with E-state index in [1.807, 2.05) is 0 Å². The smallest absolute Gasteiger partial charge is 0.341 e. The van der Waals surface area contributed by atoms with Gasteiger partial charge in [0, 0.05) is 10.0 Å². The van der Waals surface area contributed by atoms with E-state index in [4.69, 9.17) is 26.8 Å². The summed E-state index contributed by atoms with van der Waals surface area (Å²) in [5.41, 5.74) is 1.43. The van der Waals surface area contributed by atoms with E-state index in [0.717, 1.165) is 4.47 Å². The number of nitrogens with zero attached hydrogens (tertiary/aromatic N) is 1. The van der Waals surface area contributed by atoms with Crippen LogP contribution >= 0.6 is 28.1 Å². The Morgan fingerprint density at radius 3 is 2.70 bits per heavy atom. The van der Waals surface area contributed by atoms with Crippen molar-refractivity contribution < 1.29 is 29.0 Å². The van der Waals surface area contributed by atoms with E-state index < -0.39 is 24.4 Å². The van der Waals surface area contributed by atoms with Crippen molar-refractivity contribution in [1.29, 1.82) is 0 Å². The van der Waals surface area contributed by atoms with Gasteiger partial charge in [-0.3, -0.25) is 19.8 Å². The second kappa shape index (κ2) is 10.4. The molecule has 10 heteroatoms. The van der Waals surface area contributed by atoms with Crippen molar-refractivity contribution in [3.05, 3.63) is 70.2 Å². The summed E-state index contributed by atoms with van der Waals surface area (Å²) in [4.78, 5) is 38.0. The first-order valence-electron chi connectivity index (χ1n) is 9.58. The molecule has 2 N–H and O–H groups in total. The zero-order chi connectivity index (χ0) is 24.1. The fraction of sp³-hybridized carbons (Fsp3) is 0.130. The van der Waals surface area contributed by atoms with Gasteiger partial charge in [0.2, 0.25) is 0 Å². The zero-order valence-electron chi connectivity index (χ0n) is 17.5. The molecule has 2 amide bonds. The standard InChI is InChI=1S/C23H19BrN2O6S/c1-3-5-14-8-13(10-18(31-2)20(14)32-12-19(27)28)9-17-21(29)25-23(33)26(22(17)30)16-7-4-6-15(24)11-16/h3-4,6-11H,1,5,12H2,2H3,(H,27,28)(H,25,29,33)/b17-9+. The molecule has 1 aliphatic heterocycles. The molecule has 33 heavy (non-hydrogen) atoms. The van der Waals surface area contributed by atoms with Gasteiger partial charge in [-0.15, -0.1) is 6.58 Å². The Bertz CT molecular complexity index is 1190. The van der Waals surface area contributed by atoms with Crippen LogP contribution in [-0.4, -0.2) is 41.7 Å². The lowest BCUT2D eigenvalue weighted by molar-refractivity contribution is -0.139. The maximum atomic E-state index is 13.2. The number of methoxy groups -OCH3 is 1. The highest BCUT2D eigenvalue weighted by molar-refractivity contribution is 9.10. The fourth-order valence-corrected chi connectivity index (χ4v) is 3.87. The van der Waals surface area contributed by atoms with Crippen molar-refractivity contribution in [2.45, 2.75) is 6.42 Å². The molecule has 2 aromatic carbocycles. The molecule has 1 fully saturated rings. The Hall–Kier alpha value is -3.50. The minimum absolute atomic E-state index is 0.0254. The number of thiocarbonyl (C=S) groups is 1. The van der Waals surface area contributed by atoms with Gasteiger partial charge in [-0.25, -0.2) is 4.79 Å². The average Bonchev–Trinajstić information content (AvgIpc) is 2.75. The fourth-order valence-electron chi connectivity index (χ4n) is 3.20. The molecule has 3 rings (SSSR count). The number of aliphatic carboxylic acids is 1. The van der Waals surface area contributed by atoms with E-state index >= 15 is 0 Å². The Labute approximate surface area is 203 Å². The summed E-state index contributed by atoms with van der Waals surface area (Å²) in [5.74, 6) is -1.85. The molecule has 8 nitrogen and oxygen atoms in total. The third-order valence-electron chi connectivity index (χ3n) is 4.56. The number of halogens is 1. The highest BCUT2D eigenvalue weighted by Crippen LogP contribution is 2.35. The van der Waals surface area contributed by atoms with E-state index in [2.05, 4.69) is 27.8 Å². The van der Waals surface area contributed by atoms with E-state index in [1.54, 1.807) is 42.5 Å². The SMILES string of the molecule is C=CCc1cc(/C=C2\C(=O)NC(=S)N(c3cccc(Br)c3)C2=O)cc(OC)c1OCC(=O)O. The number of nitrogens with one attached hydrogen (secondary N) is 1. The molecule has 0 bridgehead atoms. The maximum Gasteiger partial charge on any atom is 0.341 e. The van der Waals surface area contributed by atoms with Crippen molar-refractivity contribution in [3.8, 4) is 11.5 Å². The number of carbonyl (C=O) groups is 3. The first kappa shape index (κ1) is 24.1. The second-order valence-corrected chi connectivity index (χ2v) is 8.13. The quantitative estimate of drug-likeness (QED) is 0.233. The lowest BCUT2D eigenvalue weighted by Gasteiger charge is -2.29. The zero-order valence-corrected chi connectivity index (χ0v) is 19.9. The number of anilines is 1. The van der Waals surface area contributed by atoms with Crippen molar-refractivity contribution in [3.63, 3.8) is 0 Å². The van der Waals surface area contributed by atoms with Gasteiger partial charge in [0.05, 0.1) is 12.8 Å². The van der Waals surface area contributed by atoms with Crippen LogP contribution in [0.1, 0.15) is 11.1 Å². The number of carbonyl (C=O) groups excluding carboxylic acids is 2. The molecule has 0 aromatic heterocycles. The van der Waals surface area contributed by atoms with Gasteiger partial charge >= 0.3 is 5.97 Å². The lowest BCUT2D eigenvalue weighted by Crippen LogP contribution is -2.54. The normalized spacial score (nSPS) is 14.8. The molecule has 0 radical (unpaired) electrons. The monoisotopic (exact) mass is 530 g/mol. The first-order valence-corrected chi connectivity index (χ1v) is 10.8. The second-order valence-electron chi connectivity index (χ2n) is 6.82. The van der Waals surface area contributed by atoms with Crippen molar-refractivity contribution in [2.75, 3.05) is 18.6 Å². The van der Waals surface area contributed by atoms with Gasteiger partial charge in [0.25, 0.3) is 11.8 Å². The van der Waals surface area contributed by atoms with Crippen LogP contribution in [0.2, 0.25) is 0 Å². The molecule has 0 atom stereocenters. The van der Waals surface area contributed by atoms with Crippen LogP contribution in [-0.2, 0) is 20.8 Å². The van der Waals surface area contributed by atoms with Crippen LogP contribution in [0.4, 0.5) is 5.69 Å². The number of amides is 2. The molecular formula is C23H19BrN2O6S. The average molecular weight is 531 g/mol. The van der Waals surface area contributed by atoms with Crippen LogP contribution in [0.15, 0.2) is 59.1 Å². The number of ether oxygens (including phenoxy) is 2. The summed E-state index contributed by atoms with van der Waals surface area (Å²) in [6.07, 6.45) is 3.38. The van der Waals surface area contributed by atoms with Gasteiger partial charge in [-0.2, -0.15) is 0 Å². The van der Waals surface area contributed by atoms with Crippen LogP contribution < -0.4 is 19.7 Å². The molecule has 0 spiro atoms. The number of hydrogen-bond donors (Lipinski definition) is 2. The molecule has 0 aliphatic carbocycles. The third kappa shape index (κ3) is 5.47. The van der Waals surface area contributed by atoms with Crippen molar-refractivity contribution in [2.24, 2.45) is 0 Å². The Balaban J connectivity index is 2.06.